The highest BCUT2D eigenvalue weighted by atomic mass is 16.5. The Labute approximate surface area is 162 Å². The van der Waals surface area contributed by atoms with E-state index in [1.54, 1.807) is 24.0 Å². The fourth-order valence-electron chi connectivity index (χ4n) is 3.53. The number of hydrazine groups is 1. The SMILES string of the molecule is COc1ccc(C(O)C[N+]2=Nc3cccc4cccc(c34)N2)c(OC)c1OC. The van der Waals surface area contributed by atoms with E-state index in [0.29, 0.717) is 22.8 Å². The Bertz CT molecular complexity index is 1060. The zero-order valence-corrected chi connectivity index (χ0v) is 16.0. The summed E-state index contributed by atoms with van der Waals surface area (Å²) in [5.41, 5.74) is 5.67. The Kier molecular flexibility index (Phi) is 4.75. The summed E-state index contributed by atoms with van der Waals surface area (Å²) in [7, 11) is 4.63. The molecule has 28 heavy (non-hydrogen) atoms. The van der Waals surface area contributed by atoms with Gasteiger partial charge in [0.05, 0.1) is 21.3 Å². The lowest BCUT2D eigenvalue weighted by atomic mass is 10.1. The van der Waals surface area contributed by atoms with E-state index < -0.39 is 6.10 Å². The third-order valence-electron chi connectivity index (χ3n) is 4.80. The maximum Gasteiger partial charge on any atom is 0.230 e. The van der Waals surface area contributed by atoms with Gasteiger partial charge in [-0.1, -0.05) is 24.3 Å². The Balaban J connectivity index is 1.67. The van der Waals surface area contributed by atoms with Crippen molar-refractivity contribution in [3.63, 3.8) is 0 Å². The quantitative estimate of drug-likeness (QED) is 0.632. The first-order valence-corrected chi connectivity index (χ1v) is 8.90. The number of hydrogen-bond acceptors (Lipinski definition) is 6. The van der Waals surface area contributed by atoms with Crippen molar-refractivity contribution in [2.45, 2.75) is 6.10 Å². The molecule has 7 nitrogen and oxygen atoms in total. The first-order valence-electron chi connectivity index (χ1n) is 8.90. The zero-order chi connectivity index (χ0) is 19.7. The molecule has 0 saturated carbocycles. The highest BCUT2D eigenvalue weighted by molar-refractivity contribution is 6.01. The van der Waals surface area contributed by atoms with Gasteiger partial charge in [-0.2, -0.15) is 0 Å². The maximum absolute atomic E-state index is 10.9. The number of rotatable bonds is 6. The molecule has 0 amide bonds. The van der Waals surface area contributed by atoms with E-state index in [0.717, 1.165) is 22.1 Å². The minimum atomic E-state index is -0.865. The fraction of sp³-hybridized carbons (Fsp3) is 0.238. The molecule has 0 bridgehead atoms. The van der Waals surface area contributed by atoms with Gasteiger partial charge in [0, 0.05) is 20.9 Å². The number of aliphatic hydroxyl groups is 1. The van der Waals surface area contributed by atoms with Crippen LogP contribution < -0.4 is 19.6 Å². The van der Waals surface area contributed by atoms with Crippen LogP contribution in [0.5, 0.6) is 17.2 Å². The third kappa shape index (κ3) is 2.99. The Hall–Kier alpha value is -3.32. The highest BCUT2D eigenvalue weighted by Gasteiger charge is 2.27. The molecular formula is C21H22N3O4+. The topological polar surface area (TPSA) is 75.3 Å². The number of β-amino-alcohol motifs (C(OH)–C–C–N with tert-alkyl or cyclic N) is 1. The van der Waals surface area contributed by atoms with Crippen molar-refractivity contribution in [2.24, 2.45) is 5.11 Å². The number of benzene rings is 3. The molecule has 0 fully saturated rings. The van der Waals surface area contributed by atoms with Crippen LogP contribution in [0.15, 0.2) is 53.6 Å². The molecule has 0 aromatic heterocycles. The predicted octanol–water partition coefficient (Wildman–Crippen LogP) is 4.04. The van der Waals surface area contributed by atoms with Crippen LogP contribution in [-0.2, 0) is 0 Å². The summed E-state index contributed by atoms with van der Waals surface area (Å²) < 4.78 is 16.2. The predicted molar refractivity (Wildman–Crippen MR) is 106 cm³/mol. The molecule has 1 unspecified atom stereocenters. The second-order valence-corrected chi connectivity index (χ2v) is 6.41. The standard InChI is InChI=1S/C21H22N3O4/c1-26-18-11-10-14(20(27-2)21(18)28-3)17(25)12-24-22-15-8-4-6-13-7-5-9-16(23-24)19(13)15/h4-11,17,25H,12H2,1-3H3,(H,22,23)/q+1. The van der Waals surface area contributed by atoms with Crippen molar-refractivity contribution in [3.8, 4) is 17.2 Å². The third-order valence-corrected chi connectivity index (χ3v) is 4.80. The minimum Gasteiger partial charge on any atom is -0.493 e. The molecule has 0 saturated heterocycles. The van der Waals surface area contributed by atoms with Crippen LogP contribution >= 0.6 is 0 Å². The number of anilines is 1. The largest absolute Gasteiger partial charge is 0.493 e. The van der Waals surface area contributed by atoms with Crippen LogP contribution in [0.1, 0.15) is 11.7 Å². The van der Waals surface area contributed by atoms with E-state index in [2.05, 4.69) is 22.7 Å². The molecule has 3 aromatic rings. The summed E-state index contributed by atoms with van der Waals surface area (Å²) in [5.74, 6) is 1.42. The van der Waals surface area contributed by atoms with Crippen LogP contribution in [-0.4, -0.2) is 37.8 Å². The smallest absolute Gasteiger partial charge is 0.230 e. The lowest BCUT2D eigenvalue weighted by Gasteiger charge is -2.18. The van der Waals surface area contributed by atoms with E-state index in [9.17, 15) is 5.11 Å². The van der Waals surface area contributed by atoms with Gasteiger partial charge in [-0.05, 0) is 29.7 Å². The Morgan fingerprint density at radius 1 is 0.964 bits per heavy atom. The summed E-state index contributed by atoms with van der Waals surface area (Å²) in [5, 5.41) is 17.7. The number of hydrogen-bond donors (Lipinski definition) is 2. The highest BCUT2D eigenvalue weighted by Crippen LogP contribution is 2.42. The molecule has 0 aliphatic carbocycles. The second kappa shape index (κ2) is 7.36. The molecule has 2 N–H and O–H groups in total. The molecule has 1 atom stereocenters. The van der Waals surface area contributed by atoms with Crippen molar-refractivity contribution < 1.29 is 24.1 Å². The molecule has 3 aromatic carbocycles. The molecule has 144 valence electrons. The normalized spacial score (nSPS) is 13.5. The van der Waals surface area contributed by atoms with Crippen molar-refractivity contribution >= 4 is 22.1 Å². The van der Waals surface area contributed by atoms with E-state index in [-0.39, 0.29) is 6.54 Å². The van der Waals surface area contributed by atoms with Gasteiger partial charge in [-0.25, -0.2) is 0 Å². The summed E-state index contributed by atoms with van der Waals surface area (Å²) >= 11 is 0. The first kappa shape index (κ1) is 18.1. The number of azo groups is 1. The van der Waals surface area contributed by atoms with Gasteiger partial charge in [0.15, 0.2) is 11.5 Å². The van der Waals surface area contributed by atoms with Crippen LogP contribution in [0.4, 0.5) is 11.4 Å². The number of aliphatic hydroxyl groups excluding tert-OH is 1. The Morgan fingerprint density at radius 3 is 2.43 bits per heavy atom. The summed E-state index contributed by atoms with van der Waals surface area (Å²) in [6, 6.07) is 15.5. The number of methoxy groups -OCH3 is 3. The van der Waals surface area contributed by atoms with Gasteiger partial charge < -0.3 is 19.3 Å². The van der Waals surface area contributed by atoms with Gasteiger partial charge in [0.1, 0.15) is 17.5 Å². The van der Waals surface area contributed by atoms with E-state index in [1.807, 2.05) is 24.3 Å². The van der Waals surface area contributed by atoms with E-state index in [4.69, 9.17) is 14.2 Å². The monoisotopic (exact) mass is 380 g/mol. The molecule has 1 aliphatic heterocycles. The van der Waals surface area contributed by atoms with Crippen molar-refractivity contribution in [2.75, 3.05) is 33.3 Å². The lowest BCUT2D eigenvalue weighted by Crippen LogP contribution is -2.25. The van der Waals surface area contributed by atoms with Crippen LogP contribution in [0, 0.1) is 0 Å². The molecular weight excluding hydrogens is 358 g/mol. The van der Waals surface area contributed by atoms with Gasteiger partial charge >= 0.3 is 0 Å². The van der Waals surface area contributed by atoms with Gasteiger partial charge in [0.25, 0.3) is 0 Å². The van der Waals surface area contributed by atoms with E-state index in [1.165, 1.54) is 14.2 Å². The molecule has 0 spiro atoms. The number of nitrogens with one attached hydrogen (secondary N) is 1. The molecule has 7 heteroatoms. The number of ether oxygens (including phenoxy) is 3. The van der Waals surface area contributed by atoms with Gasteiger partial charge in [0.2, 0.25) is 12.3 Å². The van der Waals surface area contributed by atoms with Gasteiger partial charge in [-0.15, -0.1) is 5.43 Å². The summed E-state index contributed by atoms with van der Waals surface area (Å²) in [4.78, 5) is 1.64. The van der Waals surface area contributed by atoms with Crippen LogP contribution in [0.2, 0.25) is 0 Å². The molecule has 0 radical (unpaired) electrons. The van der Waals surface area contributed by atoms with Crippen LogP contribution in [0.25, 0.3) is 10.8 Å². The Morgan fingerprint density at radius 2 is 1.71 bits per heavy atom. The average Bonchev–Trinajstić information content (AvgIpc) is 2.72. The summed E-state index contributed by atoms with van der Waals surface area (Å²) in [6.45, 7) is 0.219. The molecule has 4 rings (SSSR count). The van der Waals surface area contributed by atoms with Crippen molar-refractivity contribution in [3.05, 3.63) is 54.1 Å². The van der Waals surface area contributed by atoms with Crippen LogP contribution in [0.3, 0.4) is 0 Å². The van der Waals surface area contributed by atoms with Gasteiger partial charge in [-0.3, -0.25) is 0 Å². The average molecular weight is 380 g/mol. The first-order chi connectivity index (χ1) is 13.7. The maximum atomic E-state index is 10.9. The zero-order valence-electron chi connectivity index (χ0n) is 16.0. The van der Waals surface area contributed by atoms with Crippen molar-refractivity contribution in [1.29, 1.82) is 0 Å². The second-order valence-electron chi connectivity index (χ2n) is 6.41. The molecule has 1 aliphatic rings. The fourth-order valence-corrected chi connectivity index (χ4v) is 3.53. The minimum absolute atomic E-state index is 0.219. The summed E-state index contributed by atoms with van der Waals surface area (Å²) in [6.07, 6.45) is -0.865. The van der Waals surface area contributed by atoms with Crippen molar-refractivity contribution in [1.82, 2.24) is 0 Å². The van der Waals surface area contributed by atoms with E-state index >= 15 is 0 Å². The number of nitrogens with zero attached hydrogens (tertiary/aromatic N) is 2. The lowest BCUT2D eigenvalue weighted by molar-refractivity contribution is -0.570. The molecule has 1 heterocycles.